The van der Waals surface area contributed by atoms with E-state index in [4.69, 9.17) is 9.47 Å². The highest BCUT2D eigenvalue weighted by atomic mass is 16.5. The number of likely N-dealkylation sites (tertiary alicyclic amines) is 1. The summed E-state index contributed by atoms with van der Waals surface area (Å²) in [5.74, 6) is 1.09. The van der Waals surface area contributed by atoms with Crippen molar-refractivity contribution in [2.24, 2.45) is 0 Å². The van der Waals surface area contributed by atoms with Crippen LogP contribution in [0.3, 0.4) is 0 Å². The van der Waals surface area contributed by atoms with Crippen LogP contribution < -0.4 is 14.8 Å². The van der Waals surface area contributed by atoms with Crippen molar-refractivity contribution in [1.82, 2.24) is 4.90 Å². The molecule has 0 bridgehead atoms. The van der Waals surface area contributed by atoms with Crippen LogP contribution in [0.25, 0.3) is 0 Å². The topological polar surface area (TPSA) is 84.9 Å². The highest BCUT2D eigenvalue weighted by Crippen LogP contribution is 2.32. The third-order valence-corrected chi connectivity index (χ3v) is 4.70. The molecule has 1 atom stereocenters. The summed E-state index contributed by atoms with van der Waals surface area (Å²) < 4.78 is 11.1. The summed E-state index contributed by atoms with van der Waals surface area (Å²) in [5, 5.41) is 2.82. The maximum absolute atomic E-state index is 12.6. The summed E-state index contributed by atoms with van der Waals surface area (Å²) in [6.45, 7) is 1.49. The second-order valence-electron chi connectivity index (χ2n) is 6.60. The van der Waals surface area contributed by atoms with E-state index in [0.29, 0.717) is 41.3 Å². The van der Waals surface area contributed by atoms with Crippen molar-refractivity contribution in [3.63, 3.8) is 0 Å². The van der Waals surface area contributed by atoms with Crippen LogP contribution >= 0.6 is 0 Å². The second kappa shape index (κ2) is 8.12. The Morgan fingerprint density at radius 1 is 1.14 bits per heavy atom. The number of hydrogen-bond donors (Lipinski definition) is 1. The Labute approximate surface area is 163 Å². The minimum Gasteiger partial charge on any atom is -0.495 e. The van der Waals surface area contributed by atoms with E-state index in [9.17, 15) is 14.4 Å². The van der Waals surface area contributed by atoms with E-state index in [1.165, 1.54) is 18.9 Å². The van der Waals surface area contributed by atoms with Gasteiger partial charge in [-0.05, 0) is 37.6 Å². The summed E-state index contributed by atoms with van der Waals surface area (Å²) in [4.78, 5) is 37.3. The number of methoxy groups -OCH3 is 1. The average molecular weight is 382 g/mol. The zero-order valence-electron chi connectivity index (χ0n) is 16.0. The van der Waals surface area contributed by atoms with Crippen LogP contribution in [0.15, 0.2) is 42.5 Å². The molecule has 2 amide bonds. The first-order valence-corrected chi connectivity index (χ1v) is 8.92. The van der Waals surface area contributed by atoms with Gasteiger partial charge in [0.2, 0.25) is 11.8 Å². The molecule has 0 spiro atoms. The number of carbonyl (C=O) groups is 3. The maximum atomic E-state index is 12.6. The SMILES string of the molecule is COc1ccc(Oc2cccc(C(C)=O)c2)cc1NC(=O)C1CCC(=O)N1C. The zero-order chi connectivity index (χ0) is 20.3. The van der Waals surface area contributed by atoms with Gasteiger partial charge in [-0.1, -0.05) is 12.1 Å². The van der Waals surface area contributed by atoms with Crippen LogP contribution in [0.1, 0.15) is 30.1 Å². The monoisotopic (exact) mass is 382 g/mol. The van der Waals surface area contributed by atoms with Crippen LogP contribution in [-0.2, 0) is 9.59 Å². The number of ether oxygens (including phenoxy) is 2. The lowest BCUT2D eigenvalue weighted by atomic mass is 10.1. The first kappa shape index (κ1) is 19.4. The van der Waals surface area contributed by atoms with Crippen molar-refractivity contribution in [2.45, 2.75) is 25.8 Å². The van der Waals surface area contributed by atoms with E-state index >= 15 is 0 Å². The van der Waals surface area contributed by atoms with E-state index < -0.39 is 6.04 Å². The molecule has 7 heteroatoms. The van der Waals surface area contributed by atoms with Crippen LogP contribution in [0.4, 0.5) is 5.69 Å². The number of Topliss-reactive ketones (excluding diaryl/α,β-unsaturated/α-hetero) is 1. The molecule has 1 heterocycles. The predicted molar refractivity (Wildman–Crippen MR) is 104 cm³/mol. The van der Waals surface area contributed by atoms with Gasteiger partial charge in [-0.2, -0.15) is 0 Å². The Morgan fingerprint density at radius 3 is 2.54 bits per heavy atom. The van der Waals surface area contributed by atoms with Crippen LogP contribution in [0.2, 0.25) is 0 Å². The number of amides is 2. The van der Waals surface area contributed by atoms with Crippen LogP contribution in [0, 0.1) is 0 Å². The van der Waals surface area contributed by atoms with Crippen molar-refractivity contribution in [3.8, 4) is 17.2 Å². The van der Waals surface area contributed by atoms with Crippen molar-refractivity contribution >= 4 is 23.3 Å². The van der Waals surface area contributed by atoms with Gasteiger partial charge in [0.05, 0.1) is 12.8 Å². The fourth-order valence-corrected chi connectivity index (χ4v) is 3.09. The van der Waals surface area contributed by atoms with E-state index in [1.54, 1.807) is 49.5 Å². The molecule has 1 unspecified atom stereocenters. The molecule has 1 N–H and O–H groups in total. The number of nitrogens with one attached hydrogen (secondary N) is 1. The van der Waals surface area contributed by atoms with E-state index in [-0.39, 0.29) is 17.6 Å². The smallest absolute Gasteiger partial charge is 0.247 e. The number of nitrogens with zero attached hydrogens (tertiary/aromatic N) is 1. The van der Waals surface area contributed by atoms with E-state index in [0.717, 1.165) is 0 Å². The molecule has 0 radical (unpaired) electrons. The lowest BCUT2D eigenvalue weighted by Crippen LogP contribution is -2.38. The van der Waals surface area contributed by atoms with Gasteiger partial charge < -0.3 is 19.7 Å². The standard InChI is InChI=1S/C21H22N2O5/c1-13(24)14-5-4-6-15(11-14)28-16-7-9-19(27-3)17(12-16)22-21(26)18-8-10-20(25)23(18)2/h4-7,9,11-12,18H,8,10H2,1-3H3,(H,22,26). The Balaban J connectivity index is 1.80. The van der Waals surface area contributed by atoms with Gasteiger partial charge >= 0.3 is 0 Å². The van der Waals surface area contributed by atoms with Gasteiger partial charge in [-0.25, -0.2) is 0 Å². The molecule has 2 aromatic carbocycles. The third-order valence-electron chi connectivity index (χ3n) is 4.70. The van der Waals surface area contributed by atoms with Crippen LogP contribution in [0.5, 0.6) is 17.2 Å². The van der Waals surface area contributed by atoms with Gasteiger partial charge in [-0.3, -0.25) is 14.4 Å². The van der Waals surface area contributed by atoms with Gasteiger partial charge in [0.15, 0.2) is 5.78 Å². The number of hydrogen-bond acceptors (Lipinski definition) is 5. The quantitative estimate of drug-likeness (QED) is 0.775. The zero-order valence-corrected chi connectivity index (χ0v) is 16.0. The Bertz CT molecular complexity index is 925. The first-order chi connectivity index (χ1) is 13.4. The molecular weight excluding hydrogens is 360 g/mol. The summed E-state index contributed by atoms with van der Waals surface area (Å²) >= 11 is 0. The predicted octanol–water partition coefficient (Wildman–Crippen LogP) is 3.25. The fraction of sp³-hybridized carbons (Fsp3) is 0.286. The molecule has 7 nitrogen and oxygen atoms in total. The Morgan fingerprint density at radius 2 is 1.89 bits per heavy atom. The molecule has 0 aliphatic carbocycles. The van der Waals surface area contributed by atoms with Crippen LogP contribution in [-0.4, -0.2) is 42.7 Å². The number of ketones is 1. The maximum Gasteiger partial charge on any atom is 0.247 e. The minimum absolute atomic E-state index is 0.0467. The largest absolute Gasteiger partial charge is 0.495 e. The molecule has 0 saturated carbocycles. The second-order valence-corrected chi connectivity index (χ2v) is 6.60. The molecule has 1 fully saturated rings. The molecule has 0 aromatic heterocycles. The lowest BCUT2D eigenvalue weighted by Gasteiger charge is -2.20. The van der Waals surface area contributed by atoms with Gasteiger partial charge in [-0.15, -0.1) is 0 Å². The first-order valence-electron chi connectivity index (χ1n) is 8.92. The van der Waals surface area contributed by atoms with Gasteiger partial charge in [0, 0.05) is 25.1 Å². The lowest BCUT2D eigenvalue weighted by molar-refractivity contribution is -0.131. The molecule has 146 valence electrons. The molecular formula is C21H22N2O5. The minimum atomic E-state index is -0.506. The van der Waals surface area contributed by atoms with E-state index in [2.05, 4.69) is 5.32 Å². The Kier molecular flexibility index (Phi) is 5.63. The molecule has 3 rings (SSSR count). The number of carbonyl (C=O) groups excluding carboxylic acids is 3. The molecule has 1 aliphatic rings. The summed E-state index contributed by atoms with van der Waals surface area (Å²) in [6, 6.07) is 11.4. The van der Waals surface area contributed by atoms with Crippen molar-refractivity contribution in [3.05, 3.63) is 48.0 Å². The highest BCUT2D eigenvalue weighted by molar-refractivity contribution is 6.00. The molecule has 1 aliphatic heterocycles. The summed E-state index contributed by atoms with van der Waals surface area (Å²) in [7, 11) is 3.13. The number of benzene rings is 2. The van der Waals surface area contributed by atoms with Gasteiger partial charge in [0.1, 0.15) is 23.3 Å². The van der Waals surface area contributed by atoms with Crippen molar-refractivity contribution < 1.29 is 23.9 Å². The average Bonchev–Trinajstić information content (AvgIpc) is 3.01. The van der Waals surface area contributed by atoms with E-state index in [1.807, 2.05) is 0 Å². The van der Waals surface area contributed by atoms with Gasteiger partial charge in [0.25, 0.3) is 0 Å². The molecule has 1 saturated heterocycles. The number of likely N-dealkylation sites (N-methyl/N-ethyl adjacent to an activating group) is 1. The molecule has 28 heavy (non-hydrogen) atoms. The number of rotatable bonds is 6. The normalized spacial score (nSPS) is 16.0. The van der Waals surface area contributed by atoms with Crippen molar-refractivity contribution in [1.29, 1.82) is 0 Å². The third kappa shape index (κ3) is 4.14. The summed E-state index contributed by atoms with van der Waals surface area (Å²) in [5.41, 5.74) is 0.994. The Hall–Kier alpha value is -3.35. The van der Waals surface area contributed by atoms with Crippen molar-refractivity contribution in [2.75, 3.05) is 19.5 Å². The highest BCUT2D eigenvalue weighted by Gasteiger charge is 2.33. The number of anilines is 1. The fourth-order valence-electron chi connectivity index (χ4n) is 3.09. The molecule has 2 aromatic rings. The summed E-state index contributed by atoms with van der Waals surface area (Å²) in [6.07, 6.45) is 0.846.